The van der Waals surface area contributed by atoms with E-state index in [2.05, 4.69) is 33.0 Å². The van der Waals surface area contributed by atoms with E-state index in [-0.39, 0.29) is 5.97 Å². The Morgan fingerprint density at radius 3 is 2.29 bits per heavy atom. The molecule has 17 heavy (non-hydrogen) atoms. The highest BCUT2D eigenvalue weighted by atomic mass is 16.5. The zero-order valence-corrected chi connectivity index (χ0v) is 11.9. The summed E-state index contributed by atoms with van der Waals surface area (Å²) >= 11 is 0. The number of carbonyl (C=O) groups is 1. The van der Waals surface area contributed by atoms with E-state index in [1.807, 2.05) is 0 Å². The van der Waals surface area contributed by atoms with Crippen LogP contribution in [-0.4, -0.2) is 25.2 Å². The van der Waals surface area contributed by atoms with E-state index >= 15 is 0 Å². The zero-order valence-electron chi connectivity index (χ0n) is 11.9. The summed E-state index contributed by atoms with van der Waals surface area (Å²) in [4.78, 5) is 12.1. The van der Waals surface area contributed by atoms with Crippen molar-refractivity contribution in [1.29, 1.82) is 0 Å². The lowest BCUT2D eigenvalue weighted by atomic mass is 9.71. The first-order valence-electron chi connectivity index (χ1n) is 6.73. The van der Waals surface area contributed by atoms with Crippen molar-refractivity contribution < 1.29 is 9.53 Å². The summed E-state index contributed by atoms with van der Waals surface area (Å²) in [6, 6.07) is 0. The van der Waals surface area contributed by atoms with Gasteiger partial charge in [-0.3, -0.25) is 4.79 Å². The normalized spacial score (nSPS) is 33.8. The SMILES string of the molecule is COC(=O)C1(NCC(C)C)CC(C)CC(C)C1. The van der Waals surface area contributed by atoms with Gasteiger partial charge in [0.2, 0.25) is 0 Å². The minimum atomic E-state index is -0.448. The molecule has 100 valence electrons. The van der Waals surface area contributed by atoms with E-state index in [0.29, 0.717) is 17.8 Å². The van der Waals surface area contributed by atoms with Crippen molar-refractivity contribution in [3.05, 3.63) is 0 Å². The first-order chi connectivity index (χ1) is 7.89. The van der Waals surface area contributed by atoms with E-state index < -0.39 is 5.54 Å². The van der Waals surface area contributed by atoms with Gasteiger partial charge in [-0.2, -0.15) is 0 Å². The van der Waals surface area contributed by atoms with Gasteiger partial charge in [0.25, 0.3) is 0 Å². The molecule has 1 fully saturated rings. The molecule has 1 saturated carbocycles. The van der Waals surface area contributed by atoms with E-state index in [1.54, 1.807) is 0 Å². The third-order valence-corrected chi connectivity index (χ3v) is 3.62. The lowest BCUT2D eigenvalue weighted by Crippen LogP contribution is -2.57. The third kappa shape index (κ3) is 3.70. The molecule has 0 amide bonds. The Morgan fingerprint density at radius 2 is 1.88 bits per heavy atom. The van der Waals surface area contributed by atoms with Gasteiger partial charge in [0.1, 0.15) is 5.54 Å². The molecule has 3 nitrogen and oxygen atoms in total. The number of hydrogen-bond acceptors (Lipinski definition) is 3. The molecule has 0 saturated heterocycles. The van der Waals surface area contributed by atoms with Gasteiger partial charge in [-0.05, 0) is 43.6 Å². The van der Waals surface area contributed by atoms with Crippen molar-refractivity contribution in [1.82, 2.24) is 5.32 Å². The summed E-state index contributed by atoms with van der Waals surface area (Å²) in [7, 11) is 1.49. The zero-order chi connectivity index (χ0) is 13.1. The maximum absolute atomic E-state index is 12.1. The number of hydrogen-bond donors (Lipinski definition) is 1. The van der Waals surface area contributed by atoms with Gasteiger partial charge >= 0.3 is 5.97 Å². The van der Waals surface area contributed by atoms with Crippen molar-refractivity contribution in [3.63, 3.8) is 0 Å². The molecule has 2 atom stereocenters. The Bertz CT molecular complexity index is 253. The second-order valence-corrected chi connectivity index (χ2v) is 6.20. The van der Waals surface area contributed by atoms with Crippen LogP contribution in [-0.2, 0) is 9.53 Å². The monoisotopic (exact) mass is 241 g/mol. The minimum absolute atomic E-state index is 0.0865. The van der Waals surface area contributed by atoms with E-state index in [0.717, 1.165) is 19.4 Å². The predicted molar refractivity (Wildman–Crippen MR) is 69.8 cm³/mol. The molecule has 0 aliphatic heterocycles. The molecular formula is C14H27NO2. The summed E-state index contributed by atoms with van der Waals surface area (Å²) in [5.41, 5.74) is -0.448. The van der Waals surface area contributed by atoms with Gasteiger partial charge in [-0.15, -0.1) is 0 Å². The van der Waals surface area contributed by atoms with Crippen molar-refractivity contribution >= 4 is 5.97 Å². The highest BCUT2D eigenvalue weighted by Gasteiger charge is 2.44. The third-order valence-electron chi connectivity index (χ3n) is 3.62. The van der Waals surface area contributed by atoms with E-state index in [9.17, 15) is 4.79 Å². The van der Waals surface area contributed by atoms with Crippen LogP contribution in [0.2, 0.25) is 0 Å². The molecule has 0 radical (unpaired) electrons. The predicted octanol–water partition coefficient (Wildman–Crippen LogP) is 2.60. The van der Waals surface area contributed by atoms with Crippen molar-refractivity contribution in [3.8, 4) is 0 Å². The van der Waals surface area contributed by atoms with Crippen LogP contribution in [0.5, 0.6) is 0 Å². The molecule has 0 aromatic heterocycles. The average Bonchev–Trinajstić information content (AvgIpc) is 2.24. The number of ether oxygens (including phenoxy) is 1. The van der Waals surface area contributed by atoms with Gasteiger partial charge < -0.3 is 10.1 Å². The Balaban J connectivity index is 2.80. The molecule has 0 heterocycles. The first-order valence-corrected chi connectivity index (χ1v) is 6.73. The molecule has 1 N–H and O–H groups in total. The number of nitrogens with one attached hydrogen (secondary N) is 1. The first kappa shape index (κ1) is 14.5. The molecule has 1 aliphatic rings. The molecule has 2 unspecified atom stereocenters. The molecular weight excluding hydrogens is 214 g/mol. The fourth-order valence-electron chi connectivity index (χ4n) is 3.10. The summed E-state index contributed by atoms with van der Waals surface area (Å²) in [6.45, 7) is 9.64. The van der Waals surface area contributed by atoms with Crippen LogP contribution < -0.4 is 5.32 Å². The fourth-order valence-corrected chi connectivity index (χ4v) is 3.10. The molecule has 1 aliphatic carbocycles. The van der Waals surface area contributed by atoms with Gasteiger partial charge in [-0.1, -0.05) is 27.7 Å². The summed E-state index contributed by atoms with van der Waals surface area (Å²) in [5, 5.41) is 3.47. The Morgan fingerprint density at radius 1 is 1.35 bits per heavy atom. The van der Waals surface area contributed by atoms with Gasteiger partial charge in [0, 0.05) is 0 Å². The van der Waals surface area contributed by atoms with Crippen LogP contribution >= 0.6 is 0 Å². The second kappa shape index (κ2) is 5.85. The van der Waals surface area contributed by atoms with Gasteiger partial charge in [0.05, 0.1) is 7.11 Å². The van der Waals surface area contributed by atoms with Gasteiger partial charge in [-0.25, -0.2) is 0 Å². The molecule has 1 rings (SSSR count). The second-order valence-electron chi connectivity index (χ2n) is 6.20. The highest BCUT2D eigenvalue weighted by molar-refractivity contribution is 5.81. The molecule has 0 spiro atoms. The maximum atomic E-state index is 12.1. The highest BCUT2D eigenvalue weighted by Crippen LogP contribution is 2.36. The quantitative estimate of drug-likeness (QED) is 0.769. The Hall–Kier alpha value is -0.570. The van der Waals surface area contributed by atoms with Crippen LogP contribution in [0.3, 0.4) is 0 Å². The van der Waals surface area contributed by atoms with Crippen LogP contribution in [0.25, 0.3) is 0 Å². The van der Waals surface area contributed by atoms with Crippen LogP contribution in [0.1, 0.15) is 47.0 Å². The molecule has 3 heteroatoms. The standard InChI is InChI=1S/C14H27NO2/c1-10(2)9-15-14(13(16)17-5)7-11(3)6-12(4)8-14/h10-12,15H,6-9H2,1-5H3. The van der Waals surface area contributed by atoms with Crippen molar-refractivity contribution in [2.45, 2.75) is 52.5 Å². The largest absolute Gasteiger partial charge is 0.468 e. The lowest BCUT2D eigenvalue weighted by Gasteiger charge is -2.41. The fraction of sp³-hybridized carbons (Fsp3) is 0.929. The Labute approximate surface area is 105 Å². The number of esters is 1. The van der Waals surface area contributed by atoms with E-state index in [1.165, 1.54) is 13.5 Å². The average molecular weight is 241 g/mol. The summed E-state index contributed by atoms with van der Waals surface area (Å²) in [6.07, 6.45) is 3.01. The molecule has 0 aromatic carbocycles. The maximum Gasteiger partial charge on any atom is 0.326 e. The number of carbonyl (C=O) groups excluding carboxylic acids is 1. The van der Waals surface area contributed by atoms with Crippen molar-refractivity contribution in [2.24, 2.45) is 17.8 Å². The van der Waals surface area contributed by atoms with Crippen LogP contribution in [0.15, 0.2) is 0 Å². The van der Waals surface area contributed by atoms with Crippen LogP contribution in [0.4, 0.5) is 0 Å². The summed E-state index contributed by atoms with van der Waals surface area (Å²) < 4.78 is 5.02. The van der Waals surface area contributed by atoms with Gasteiger partial charge in [0.15, 0.2) is 0 Å². The molecule has 0 aromatic rings. The van der Waals surface area contributed by atoms with E-state index in [4.69, 9.17) is 4.74 Å². The smallest absolute Gasteiger partial charge is 0.326 e. The lowest BCUT2D eigenvalue weighted by molar-refractivity contribution is -0.151. The summed E-state index contributed by atoms with van der Waals surface area (Å²) in [5.74, 6) is 1.62. The molecule has 0 bridgehead atoms. The van der Waals surface area contributed by atoms with Crippen LogP contribution in [0, 0.1) is 17.8 Å². The number of rotatable bonds is 4. The van der Waals surface area contributed by atoms with Crippen molar-refractivity contribution in [2.75, 3.05) is 13.7 Å². The minimum Gasteiger partial charge on any atom is -0.468 e. The Kier molecular flexibility index (Phi) is 4.99. The number of methoxy groups -OCH3 is 1. The topological polar surface area (TPSA) is 38.3 Å².